The van der Waals surface area contributed by atoms with E-state index in [4.69, 9.17) is 18.9 Å². The summed E-state index contributed by atoms with van der Waals surface area (Å²) in [4.78, 5) is 29.3. The molecule has 2 aromatic carbocycles. The number of aromatic nitrogens is 1. The molecule has 0 aliphatic carbocycles. The molecule has 0 unspecified atom stereocenters. The molecule has 0 N–H and O–H groups in total. The normalized spacial score (nSPS) is 11.9. The summed E-state index contributed by atoms with van der Waals surface area (Å²) < 4.78 is 48.3. The van der Waals surface area contributed by atoms with Crippen molar-refractivity contribution < 1.29 is 37.0 Å². The van der Waals surface area contributed by atoms with E-state index in [1.54, 1.807) is 19.1 Å². The van der Waals surface area contributed by atoms with E-state index in [2.05, 4.69) is 4.99 Å². The third kappa shape index (κ3) is 6.20. The van der Waals surface area contributed by atoms with Crippen LogP contribution >= 0.6 is 11.3 Å². The Labute approximate surface area is 206 Å². The Kier molecular flexibility index (Phi) is 8.52. The Hall–Kier alpha value is -3.38. The highest BCUT2D eigenvalue weighted by Gasteiger charge is 2.19. The quantitative estimate of drug-likeness (QED) is 0.373. The van der Waals surface area contributed by atoms with Crippen molar-refractivity contribution in [3.8, 4) is 17.2 Å². The number of hydrogen-bond donors (Lipinski definition) is 0. The minimum absolute atomic E-state index is 0.0875. The molecular formula is C23H26N2O8S2. The number of carbonyl (C=O) groups excluding carboxylic acids is 2. The van der Waals surface area contributed by atoms with Crippen LogP contribution in [0.15, 0.2) is 46.3 Å². The number of methoxy groups -OCH3 is 3. The largest absolute Gasteiger partial charge is 0.497 e. The van der Waals surface area contributed by atoms with Crippen LogP contribution in [0.1, 0.15) is 13.3 Å². The smallest absolute Gasteiger partial charge is 0.326 e. The lowest BCUT2D eigenvalue weighted by Gasteiger charge is -2.09. The maximum atomic E-state index is 12.7. The van der Waals surface area contributed by atoms with Gasteiger partial charge in [0.15, 0.2) is 26.1 Å². The fraction of sp³-hybridized carbons (Fsp3) is 0.348. The number of hydrogen-bond acceptors (Lipinski definition) is 9. The van der Waals surface area contributed by atoms with E-state index in [0.29, 0.717) is 27.5 Å². The summed E-state index contributed by atoms with van der Waals surface area (Å²) in [6.45, 7) is 1.72. The second-order valence-corrected chi connectivity index (χ2v) is 10.3. The van der Waals surface area contributed by atoms with Crippen molar-refractivity contribution in [2.24, 2.45) is 4.99 Å². The fourth-order valence-corrected chi connectivity index (χ4v) is 5.54. The highest BCUT2D eigenvalue weighted by molar-refractivity contribution is 7.91. The SMILES string of the molecule is CCOC(=O)Cn1c(=NC(=O)CCS(=O)(=O)c2ccc(OC)cc2)sc2cc(OC)c(OC)cc21. The van der Waals surface area contributed by atoms with Crippen LogP contribution in [-0.4, -0.2) is 58.6 Å². The molecule has 188 valence electrons. The molecule has 0 bridgehead atoms. The molecule has 0 saturated carbocycles. The van der Waals surface area contributed by atoms with Gasteiger partial charge in [0.25, 0.3) is 0 Å². The second kappa shape index (κ2) is 11.4. The van der Waals surface area contributed by atoms with E-state index in [1.165, 1.54) is 50.2 Å². The van der Waals surface area contributed by atoms with Crippen LogP contribution in [0.3, 0.4) is 0 Å². The average molecular weight is 523 g/mol. The van der Waals surface area contributed by atoms with Crippen molar-refractivity contribution in [2.75, 3.05) is 33.7 Å². The zero-order chi connectivity index (χ0) is 25.6. The number of ether oxygens (including phenoxy) is 4. The molecule has 0 saturated heterocycles. The monoisotopic (exact) mass is 522 g/mol. The molecular weight excluding hydrogens is 496 g/mol. The van der Waals surface area contributed by atoms with Gasteiger partial charge in [0.05, 0.1) is 48.8 Å². The first-order valence-electron chi connectivity index (χ1n) is 10.6. The zero-order valence-electron chi connectivity index (χ0n) is 19.8. The standard InChI is InChI=1S/C23H26N2O8S2/c1-5-33-22(27)14-25-17-12-18(31-3)19(32-4)13-20(17)34-23(25)24-21(26)10-11-35(28,29)16-8-6-15(30-2)7-9-16/h6-9,12-13H,5,10-11,14H2,1-4H3. The van der Waals surface area contributed by atoms with Gasteiger partial charge in [-0.25, -0.2) is 8.42 Å². The van der Waals surface area contributed by atoms with E-state index < -0.39 is 27.5 Å². The molecule has 0 aliphatic heterocycles. The lowest BCUT2D eigenvalue weighted by molar-refractivity contribution is -0.143. The average Bonchev–Trinajstić information content (AvgIpc) is 3.17. The van der Waals surface area contributed by atoms with E-state index in [1.807, 2.05) is 0 Å². The number of thiazole rings is 1. The van der Waals surface area contributed by atoms with Crippen molar-refractivity contribution in [3.05, 3.63) is 41.2 Å². The third-order valence-corrected chi connectivity index (χ3v) is 7.78. The summed E-state index contributed by atoms with van der Waals surface area (Å²) in [5.41, 5.74) is 0.595. The lowest BCUT2D eigenvalue weighted by atomic mass is 10.3. The lowest BCUT2D eigenvalue weighted by Crippen LogP contribution is -2.23. The first-order chi connectivity index (χ1) is 16.7. The molecule has 12 heteroatoms. The molecule has 1 aromatic heterocycles. The van der Waals surface area contributed by atoms with Crippen molar-refractivity contribution in [2.45, 2.75) is 24.8 Å². The predicted octanol–water partition coefficient (Wildman–Crippen LogP) is 2.58. The summed E-state index contributed by atoms with van der Waals surface area (Å²) in [5, 5.41) is 0. The van der Waals surface area contributed by atoms with Crippen molar-refractivity contribution in [3.63, 3.8) is 0 Å². The van der Waals surface area contributed by atoms with Crippen molar-refractivity contribution in [1.29, 1.82) is 0 Å². The number of amides is 1. The first-order valence-corrected chi connectivity index (χ1v) is 13.0. The number of sulfone groups is 1. The summed E-state index contributed by atoms with van der Waals surface area (Å²) in [6, 6.07) is 9.33. The minimum atomic E-state index is -3.70. The Bertz CT molecular complexity index is 1390. The Morgan fingerprint density at radius 3 is 2.26 bits per heavy atom. The molecule has 0 fully saturated rings. The topological polar surface area (TPSA) is 122 Å². The van der Waals surface area contributed by atoms with Crippen LogP contribution in [0.2, 0.25) is 0 Å². The van der Waals surface area contributed by atoms with Gasteiger partial charge < -0.3 is 23.5 Å². The molecule has 1 amide bonds. The zero-order valence-corrected chi connectivity index (χ0v) is 21.4. The van der Waals surface area contributed by atoms with E-state index in [9.17, 15) is 18.0 Å². The number of esters is 1. The molecule has 0 aliphatic rings. The first kappa shape index (κ1) is 26.2. The minimum Gasteiger partial charge on any atom is -0.497 e. The molecule has 0 atom stereocenters. The molecule has 3 rings (SSSR count). The van der Waals surface area contributed by atoms with Crippen LogP contribution in [0.5, 0.6) is 17.2 Å². The number of fused-ring (bicyclic) bond motifs is 1. The number of nitrogens with zero attached hydrogens (tertiary/aromatic N) is 2. The van der Waals surface area contributed by atoms with Gasteiger partial charge in [0.1, 0.15) is 12.3 Å². The summed E-state index contributed by atoms with van der Waals surface area (Å²) >= 11 is 1.16. The van der Waals surface area contributed by atoms with Crippen LogP contribution in [0, 0.1) is 0 Å². The summed E-state index contributed by atoms with van der Waals surface area (Å²) in [5.74, 6) is -0.0965. The Balaban J connectivity index is 1.93. The number of rotatable bonds is 10. The second-order valence-electron chi connectivity index (χ2n) is 7.20. The van der Waals surface area contributed by atoms with Gasteiger partial charge in [-0.15, -0.1) is 0 Å². The highest BCUT2D eigenvalue weighted by Crippen LogP contribution is 2.33. The van der Waals surface area contributed by atoms with Gasteiger partial charge in [-0.1, -0.05) is 11.3 Å². The van der Waals surface area contributed by atoms with Gasteiger partial charge in [-0.2, -0.15) is 4.99 Å². The van der Waals surface area contributed by atoms with Gasteiger partial charge >= 0.3 is 5.97 Å². The van der Waals surface area contributed by atoms with E-state index in [0.717, 1.165) is 11.3 Å². The number of carbonyl (C=O) groups is 2. The van der Waals surface area contributed by atoms with Gasteiger partial charge in [0, 0.05) is 18.6 Å². The van der Waals surface area contributed by atoms with Crippen LogP contribution in [0.25, 0.3) is 10.2 Å². The summed E-state index contributed by atoms with van der Waals surface area (Å²) in [7, 11) is 0.777. The molecule has 0 spiro atoms. The van der Waals surface area contributed by atoms with Crippen LogP contribution < -0.4 is 19.0 Å². The van der Waals surface area contributed by atoms with E-state index in [-0.39, 0.29) is 29.3 Å². The Morgan fingerprint density at radius 1 is 1.00 bits per heavy atom. The maximum Gasteiger partial charge on any atom is 0.326 e. The fourth-order valence-electron chi connectivity index (χ4n) is 3.26. The maximum absolute atomic E-state index is 12.7. The number of benzene rings is 2. The van der Waals surface area contributed by atoms with Gasteiger partial charge in [0.2, 0.25) is 5.91 Å². The third-order valence-electron chi connectivity index (χ3n) is 5.00. The van der Waals surface area contributed by atoms with Crippen molar-refractivity contribution >= 4 is 43.3 Å². The van der Waals surface area contributed by atoms with Crippen LogP contribution in [0.4, 0.5) is 0 Å². The molecule has 3 aromatic rings. The molecule has 35 heavy (non-hydrogen) atoms. The predicted molar refractivity (Wildman–Crippen MR) is 130 cm³/mol. The molecule has 1 heterocycles. The summed E-state index contributed by atoms with van der Waals surface area (Å²) in [6.07, 6.45) is -0.325. The van der Waals surface area contributed by atoms with Crippen molar-refractivity contribution in [1.82, 2.24) is 4.57 Å². The van der Waals surface area contributed by atoms with Gasteiger partial charge in [-0.3, -0.25) is 9.59 Å². The molecule has 10 nitrogen and oxygen atoms in total. The van der Waals surface area contributed by atoms with E-state index >= 15 is 0 Å². The van der Waals surface area contributed by atoms with Gasteiger partial charge in [-0.05, 0) is 31.2 Å². The Morgan fingerprint density at radius 2 is 1.66 bits per heavy atom. The van der Waals surface area contributed by atoms with Crippen LogP contribution in [-0.2, 0) is 30.7 Å². The molecule has 0 radical (unpaired) electrons. The highest BCUT2D eigenvalue weighted by atomic mass is 32.2.